The monoisotopic (exact) mass is 349 g/mol. The van der Waals surface area contributed by atoms with E-state index in [9.17, 15) is 19.8 Å². The van der Waals surface area contributed by atoms with Crippen molar-refractivity contribution in [3.05, 3.63) is 20.9 Å². The minimum absolute atomic E-state index is 0.0142. The van der Waals surface area contributed by atoms with Crippen molar-refractivity contribution in [1.82, 2.24) is 4.90 Å². The van der Waals surface area contributed by atoms with Crippen LogP contribution >= 0.6 is 11.3 Å². The molecule has 2 heterocycles. The van der Waals surface area contributed by atoms with E-state index in [1.165, 1.54) is 11.3 Å². The summed E-state index contributed by atoms with van der Waals surface area (Å²) in [7, 11) is 0. The van der Waals surface area contributed by atoms with Crippen LogP contribution < -0.4 is 0 Å². The molecule has 0 aromatic carbocycles. The van der Waals surface area contributed by atoms with Crippen molar-refractivity contribution < 1.29 is 19.8 Å². The smallest absolute Gasteiger partial charge is 0.346 e. The van der Waals surface area contributed by atoms with Crippen LogP contribution in [-0.4, -0.2) is 46.2 Å². The summed E-state index contributed by atoms with van der Waals surface area (Å²) in [5.74, 6) is -0.890. The van der Waals surface area contributed by atoms with Crippen LogP contribution in [-0.2, 0) is 12.8 Å². The van der Waals surface area contributed by atoms with Gasteiger partial charge in [-0.15, -0.1) is 11.3 Å². The normalized spacial score (nSPS) is 23.0. The number of aromatic carboxylic acids is 1. The van der Waals surface area contributed by atoms with Gasteiger partial charge in [-0.25, -0.2) is 4.79 Å². The molecule has 0 unspecified atom stereocenters. The number of aliphatic hydroxyl groups excluding tert-OH is 1. The molecule has 0 atom stereocenters. The molecule has 2 N–H and O–H groups in total. The van der Waals surface area contributed by atoms with Gasteiger partial charge in [0, 0.05) is 13.1 Å². The number of carbonyl (C=O) groups excluding carboxylic acids is 1. The molecule has 24 heavy (non-hydrogen) atoms. The Labute approximate surface area is 145 Å². The maximum Gasteiger partial charge on any atom is 0.346 e. The lowest BCUT2D eigenvalue weighted by atomic mass is 9.61. The molecule has 0 bridgehead atoms. The average molecular weight is 349 g/mol. The predicted octanol–water partition coefficient (Wildman–Crippen LogP) is 2.70. The van der Waals surface area contributed by atoms with Crippen molar-refractivity contribution in [3.8, 4) is 0 Å². The van der Waals surface area contributed by atoms with Crippen LogP contribution in [0.4, 0.5) is 0 Å². The third-order valence-electron chi connectivity index (χ3n) is 6.06. The highest BCUT2D eigenvalue weighted by Crippen LogP contribution is 2.49. The Morgan fingerprint density at radius 1 is 1.04 bits per heavy atom. The van der Waals surface area contributed by atoms with Crippen molar-refractivity contribution >= 4 is 23.2 Å². The lowest BCUT2D eigenvalue weighted by Gasteiger charge is -2.50. The Morgan fingerprint density at radius 3 is 2.17 bits per heavy atom. The molecule has 6 heteroatoms. The van der Waals surface area contributed by atoms with E-state index in [0.29, 0.717) is 9.75 Å². The standard InChI is InChI=1S/C18H23NO4S/c20-11-9-18(10-11)5-7-19(8-6-18)16(21)14-12-3-1-2-4-13(12)15(24-14)17(22)23/h11,20H,1-10H2,(H,22,23). The number of carboxylic acid groups (broad SMARTS) is 1. The number of rotatable bonds is 2. The molecular weight excluding hydrogens is 326 g/mol. The average Bonchev–Trinajstić information content (AvgIpc) is 2.93. The number of piperidine rings is 1. The van der Waals surface area contributed by atoms with E-state index in [1.807, 2.05) is 4.90 Å². The Morgan fingerprint density at radius 2 is 1.62 bits per heavy atom. The fourth-order valence-corrected chi connectivity index (χ4v) is 5.86. The van der Waals surface area contributed by atoms with E-state index in [4.69, 9.17) is 0 Å². The number of thiophene rings is 1. The minimum atomic E-state index is -0.904. The van der Waals surface area contributed by atoms with E-state index >= 15 is 0 Å². The Balaban J connectivity index is 1.54. The van der Waals surface area contributed by atoms with Crippen LogP contribution in [0, 0.1) is 5.41 Å². The van der Waals surface area contributed by atoms with Crippen LogP contribution in [0.1, 0.15) is 69.0 Å². The van der Waals surface area contributed by atoms with Crippen LogP contribution in [0.2, 0.25) is 0 Å². The summed E-state index contributed by atoms with van der Waals surface area (Å²) in [5.41, 5.74) is 2.14. The number of hydrogen-bond acceptors (Lipinski definition) is 4. The first-order valence-electron chi connectivity index (χ1n) is 8.84. The maximum atomic E-state index is 13.0. The zero-order chi connectivity index (χ0) is 16.9. The van der Waals surface area contributed by atoms with Gasteiger partial charge in [-0.05, 0) is 67.9 Å². The highest BCUT2D eigenvalue weighted by molar-refractivity contribution is 7.16. The lowest BCUT2D eigenvalue weighted by molar-refractivity contribution is -0.0636. The van der Waals surface area contributed by atoms with Gasteiger partial charge in [-0.1, -0.05) is 0 Å². The van der Waals surface area contributed by atoms with Crippen molar-refractivity contribution in [1.29, 1.82) is 0 Å². The van der Waals surface area contributed by atoms with Crippen LogP contribution in [0.3, 0.4) is 0 Å². The minimum Gasteiger partial charge on any atom is -0.477 e. The van der Waals surface area contributed by atoms with Gasteiger partial charge in [-0.2, -0.15) is 0 Å². The van der Waals surface area contributed by atoms with E-state index in [1.54, 1.807) is 0 Å². The molecule has 1 saturated carbocycles. The molecule has 1 spiro atoms. The largest absolute Gasteiger partial charge is 0.477 e. The van der Waals surface area contributed by atoms with E-state index in [2.05, 4.69) is 0 Å². The topological polar surface area (TPSA) is 77.8 Å². The molecular formula is C18H23NO4S. The molecule has 2 aliphatic carbocycles. The lowest BCUT2D eigenvalue weighted by Crippen LogP contribution is -2.50. The first-order valence-corrected chi connectivity index (χ1v) is 9.66. The highest BCUT2D eigenvalue weighted by Gasteiger charge is 2.46. The molecule has 2 fully saturated rings. The second-order valence-corrected chi connectivity index (χ2v) is 8.60. The summed E-state index contributed by atoms with van der Waals surface area (Å²) in [5, 5.41) is 19.0. The second kappa shape index (κ2) is 5.85. The third-order valence-corrected chi connectivity index (χ3v) is 7.31. The van der Waals surface area contributed by atoms with Crippen LogP contribution in [0.5, 0.6) is 0 Å². The number of nitrogens with zero attached hydrogens (tertiary/aromatic N) is 1. The number of hydrogen-bond donors (Lipinski definition) is 2. The van der Waals surface area contributed by atoms with Gasteiger partial charge in [0.25, 0.3) is 5.91 Å². The Hall–Kier alpha value is -1.40. The van der Waals surface area contributed by atoms with Gasteiger partial charge in [0.2, 0.25) is 0 Å². The molecule has 3 aliphatic rings. The quantitative estimate of drug-likeness (QED) is 0.860. The fraction of sp³-hybridized carbons (Fsp3) is 0.667. The van der Waals surface area contributed by atoms with Crippen molar-refractivity contribution in [3.63, 3.8) is 0 Å². The SMILES string of the molecule is O=C(O)c1sc(C(=O)N2CCC3(CC2)CC(O)C3)c2c1CCCC2. The van der Waals surface area contributed by atoms with Gasteiger partial charge < -0.3 is 15.1 Å². The first kappa shape index (κ1) is 16.1. The van der Waals surface area contributed by atoms with Crippen molar-refractivity contribution in [2.75, 3.05) is 13.1 Å². The first-order chi connectivity index (χ1) is 11.5. The van der Waals surface area contributed by atoms with Gasteiger partial charge >= 0.3 is 5.97 Å². The van der Waals surface area contributed by atoms with Crippen LogP contribution in [0.15, 0.2) is 0 Å². The number of amides is 1. The molecule has 0 radical (unpaired) electrons. The summed E-state index contributed by atoms with van der Waals surface area (Å²) >= 11 is 1.17. The predicted molar refractivity (Wildman–Crippen MR) is 90.7 cm³/mol. The second-order valence-electron chi connectivity index (χ2n) is 7.58. The molecule has 1 saturated heterocycles. The summed E-state index contributed by atoms with van der Waals surface area (Å²) in [6, 6.07) is 0. The molecule has 5 nitrogen and oxygen atoms in total. The third kappa shape index (κ3) is 2.56. The van der Waals surface area contributed by atoms with Gasteiger partial charge in [0.1, 0.15) is 4.88 Å². The van der Waals surface area contributed by atoms with Gasteiger partial charge in [-0.3, -0.25) is 4.79 Å². The maximum absolute atomic E-state index is 13.0. The van der Waals surface area contributed by atoms with E-state index in [0.717, 1.165) is 75.6 Å². The number of fused-ring (bicyclic) bond motifs is 1. The highest BCUT2D eigenvalue weighted by atomic mass is 32.1. The Bertz CT molecular complexity index is 679. The molecule has 1 amide bonds. The summed E-state index contributed by atoms with van der Waals surface area (Å²) in [4.78, 5) is 27.4. The van der Waals surface area contributed by atoms with Crippen molar-refractivity contribution in [2.24, 2.45) is 5.41 Å². The molecule has 4 rings (SSSR count). The van der Waals surface area contributed by atoms with E-state index < -0.39 is 5.97 Å². The zero-order valence-electron chi connectivity index (χ0n) is 13.7. The fourth-order valence-electron chi connectivity index (χ4n) is 4.65. The van der Waals surface area contributed by atoms with Crippen molar-refractivity contribution in [2.45, 2.75) is 57.5 Å². The molecule has 130 valence electrons. The summed E-state index contributed by atoms with van der Waals surface area (Å²) in [6.07, 6.45) is 7.13. The molecule has 1 aromatic heterocycles. The summed E-state index contributed by atoms with van der Waals surface area (Å²) < 4.78 is 0. The van der Waals surface area contributed by atoms with Crippen LogP contribution in [0.25, 0.3) is 0 Å². The van der Waals surface area contributed by atoms with Gasteiger partial charge in [0.15, 0.2) is 0 Å². The number of likely N-dealkylation sites (tertiary alicyclic amines) is 1. The molecule has 1 aliphatic heterocycles. The Kier molecular flexibility index (Phi) is 3.92. The number of aliphatic hydroxyl groups is 1. The number of carboxylic acids is 1. The van der Waals surface area contributed by atoms with E-state index in [-0.39, 0.29) is 17.4 Å². The molecule has 1 aromatic rings. The zero-order valence-corrected chi connectivity index (χ0v) is 14.5. The summed E-state index contributed by atoms with van der Waals surface area (Å²) in [6.45, 7) is 1.45. The van der Waals surface area contributed by atoms with Gasteiger partial charge in [0.05, 0.1) is 11.0 Å². The number of carbonyl (C=O) groups is 2.